The Kier molecular flexibility index (Phi) is 6.15. The second-order valence-corrected chi connectivity index (χ2v) is 8.30. The smallest absolute Gasteiger partial charge is 0.417 e. The van der Waals surface area contributed by atoms with E-state index in [2.05, 4.69) is 25.3 Å². The second-order valence-electron chi connectivity index (χ2n) is 7.87. The molecule has 12 heteroatoms. The molecule has 0 bridgehead atoms. The van der Waals surface area contributed by atoms with Crippen LogP contribution >= 0.6 is 11.6 Å². The van der Waals surface area contributed by atoms with E-state index in [1.54, 1.807) is 38.1 Å². The van der Waals surface area contributed by atoms with Crippen LogP contribution in [0.4, 0.5) is 25.5 Å². The first-order valence-corrected chi connectivity index (χ1v) is 10.6. The van der Waals surface area contributed by atoms with Crippen molar-refractivity contribution >= 4 is 40.5 Å². The number of ether oxygens (including phenoxy) is 1. The molecule has 0 radical (unpaired) electrons. The van der Waals surface area contributed by atoms with Gasteiger partial charge in [0.25, 0.3) is 5.56 Å². The van der Waals surface area contributed by atoms with Crippen LogP contribution in [0.5, 0.6) is 0 Å². The third-order valence-electron chi connectivity index (χ3n) is 5.51. The summed E-state index contributed by atoms with van der Waals surface area (Å²) < 4.78 is 31.6. The van der Waals surface area contributed by atoms with Gasteiger partial charge < -0.3 is 15.0 Å². The van der Waals surface area contributed by atoms with Crippen LogP contribution in [0.3, 0.4) is 0 Å². The maximum Gasteiger partial charge on any atom is 0.417 e. The van der Waals surface area contributed by atoms with Crippen LogP contribution in [0.1, 0.15) is 31.3 Å². The minimum absolute atomic E-state index is 0.0822. The Morgan fingerprint density at radius 1 is 1.21 bits per heavy atom. The SMILES string of the molecule is Cc1nc(N[C@@H](C)c2cc3cc(Cl)ccc3[nH]c2=O)nc(N2C(=O)OCC2[C@H](C)C(F)F)n1. The molecule has 1 aliphatic heterocycles. The number of amides is 1. The summed E-state index contributed by atoms with van der Waals surface area (Å²) in [7, 11) is 0. The van der Waals surface area contributed by atoms with Gasteiger partial charge in [-0.15, -0.1) is 0 Å². The molecule has 3 aromatic rings. The van der Waals surface area contributed by atoms with Gasteiger partial charge in [0.2, 0.25) is 18.3 Å². The largest absolute Gasteiger partial charge is 0.447 e. The Morgan fingerprint density at radius 2 is 1.97 bits per heavy atom. The van der Waals surface area contributed by atoms with E-state index in [1.807, 2.05) is 0 Å². The van der Waals surface area contributed by atoms with Crippen LogP contribution in [0.25, 0.3) is 10.9 Å². The highest BCUT2D eigenvalue weighted by atomic mass is 35.5. The van der Waals surface area contributed by atoms with E-state index in [0.29, 0.717) is 16.1 Å². The second kappa shape index (κ2) is 8.89. The number of aryl methyl sites for hydroxylation is 1. The molecule has 2 aromatic heterocycles. The van der Waals surface area contributed by atoms with E-state index in [1.165, 1.54) is 6.92 Å². The van der Waals surface area contributed by atoms with Crippen molar-refractivity contribution in [1.29, 1.82) is 0 Å². The normalized spacial score (nSPS) is 18.0. The lowest BCUT2D eigenvalue weighted by molar-refractivity contribution is 0.0684. The first-order chi connectivity index (χ1) is 15.6. The molecule has 0 saturated carbocycles. The monoisotopic (exact) mass is 478 g/mol. The fourth-order valence-corrected chi connectivity index (χ4v) is 3.83. The van der Waals surface area contributed by atoms with Crippen LogP contribution in [0.15, 0.2) is 29.1 Å². The average molecular weight is 479 g/mol. The molecule has 33 heavy (non-hydrogen) atoms. The first-order valence-electron chi connectivity index (χ1n) is 10.2. The van der Waals surface area contributed by atoms with Gasteiger partial charge in [0.15, 0.2) is 0 Å². The molecule has 3 heterocycles. The number of pyridine rings is 1. The van der Waals surface area contributed by atoms with Crippen molar-refractivity contribution in [3.63, 3.8) is 0 Å². The predicted octanol–water partition coefficient (Wildman–Crippen LogP) is 4.07. The van der Waals surface area contributed by atoms with Crippen LogP contribution in [0.2, 0.25) is 5.02 Å². The van der Waals surface area contributed by atoms with Crippen molar-refractivity contribution in [2.45, 2.75) is 39.3 Å². The molecule has 1 aliphatic rings. The number of nitrogens with one attached hydrogen (secondary N) is 2. The predicted molar refractivity (Wildman–Crippen MR) is 119 cm³/mol. The van der Waals surface area contributed by atoms with Crippen molar-refractivity contribution in [2.24, 2.45) is 5.92 Å². The van der Waals surface area contributed by atoms with Crippen LogP contribution in [-0.4, -0.2) is 45.1 Å². The molecular formula is C21H21ClF2N6O3. The van der Waals surface area contributed by atoms with Crippen LogP contribution < -0.4 is 15.8 Å². The van der Waals surface area contributed by atoms with Gasteiger partial charge in [-0.2, -0.15) is 15.0 Å². The number of anilines is 2. The van der Waals surface area contributed by atoms with Gasteiger partial charge in [0.05, 0.1) is 12.1 Å². The van der Waals surface area contributed by atoms with E-state index in [0.717, 1.165) is 10.3 Å². The van der Waals surface area contributed by atoms with Crippen molar-refractivity contribution in [1.82, 2.24) is 19.9 Å². The Balaban J connectivity index is 1.65. The minimum Gasteiger partial charge on any atom is -0.447 e. The molecule has 0 spiro atoms. The number of hydrogen-bond donors (Lipinski definition) is 2. The average Bonchev–Trinajstić information content (AvgIpc) is 3.13. The molecule has 1 aromatic carbocycles. The fourth-order valence-electron chi connectivity index (χ4n) is 3.65. The number of H-pyrrole nitrogens is 1. The lowest BCUT2D eigenvalue weighted by Gasteiger charge is -2.25. The number of aromatic nitrogens is 4. The zero-order valence-corrected chi connectivity index (χ0v) is 18.7. The van der Waals surface area contributed by atoms with Crippen LogP contribution in [-0.2, 0) is 4.74 Å². The standard InChI is InChI=1S/C21H21ClF2N6O3/c1-9(17(23)24)16-8-33-21(32)30(16)20-27-11(3)26-19(29-20)25-10(2)14-7-12-6-13(22)4-5-15(12)28-18(14)31/h4-7,9-10,16-17H,8H2,1-3H3,(H,28,31)(H,25,26,27,29)/t9-,10-,16?/m0/s1. The zero-order chi connectivity index (χ0) is 23.9. The third-order valence-corrected chi connectivity index (χ3v) is 5.74. The third kappa shape index (κ3) is 4.58. The summed E-state index contributed by atoms with van der Waals surface area (Å²) in [6.07, 6.45) is -3.46. The Hall–Kier alpha value is -3.34. The van der Waals surface area contributed by atoms with Gasteiger partial charge in [-0.05, 0) is 38.1 Å². The number of halogens is 3. The molecule has 4 rings (SSSR count). The minimum atomic E-state index is -2.65. The van der Waals surface area contributed by atoms with Gasteiger partial charge in [-0.25, -0.2) is 18.5 Å². The van der Waals surface area contributed by atoms with Crippen LogP contribution in [0, 0.1) is 12.8 Å². The molecular weight excluding hydrogens is 458 g/mol. The number of fused-ring (bicyclic) bond motifs is 1. The lowest BCUT2D eigenvalue weighted by atomic mass is 10.0. The quantitative estimate of drug-likeness (QED) is 0.549. The lowest BCUT2D eigenvalue weighted by Crippen LogP contribution is -2.42. The number of rotatable bonds is 6. The first kappa shape index (κ1) is 22.8. The highest BCUT2D eigenvalue weighted by Gasteiger charge is 2.42. The Bertz CT molecular complexity index is 1270. The maximum atomic E-state index is 13.3. The van der Waals surface area contributed by atoms with Gasteiger partial charge in [-0.1, -0.05) is 18.5 Å². The van der Waals surface area contributed by atoms with E-state index in [9.17, 15) is 18.4 Å². The summed E-state index contributed by atoms with van der Waals surface area (Å²) in [5.74, 6) is -0.904. The summed E-state index contributed by atoms with van der Waals surface area (Å²) in [5.41, 5.74) is 0.754. The maximum absolute atomic E-state index is 13.3. The summed E-state index contributed by atoms with van der Waals surface area (Å²) in [5, 5.41) is 4.31. The van der Waals surface area contributed by atoms with E-state index >= 15 is 0 Å². The van der Waals surface area contributed by atoms with E-state index < -0.39 is 30.5 Å². The highest BCUT2D eigenvalue weighted by molar-refractivity contribution is 6.31. The number of carbonyl (C=O) groups is 1. The molecule has 1 fully saturated rings. The fraction of sp³-hybridized carbons (Fsp3) is 0.381. The molecule has 0 aliphatic carbocycles. The molecule has 2 N–H and O–H groups in total. The summed E-state index contributed by atoms with van der Waals surface area (Å²) in [6.45, 7) is 4.46. The van der Waals surface area contributed by atoms with E-state index in [4.69, 9.17) is 16.3 Å². The highest BCUT2D eigenvalue weighted by Crippen LogP contribution is 2.29. The van der Waals surface area contributed by atoms with Crippen molar-refractivity contribution < 1.29 is 18.3 Å². The topological polar surface area (TPSA) is 113 Å². The molecule has 1 unspecified atom stereocenters. The van der Waals surface area contributed by atoms with Gasteiger partial charge >= 0.3 is 6.09 Å². The number of aromatic amines is 1. The Labute approximate surface area is 192 Å². The Morgan fingerprint density at radius 3 is 2.70 bits per heavy atom. The van der Waals surface area contributed by atoms with Crippen molar-refractivity contribution in [2.75, 3.05) is 16.8 Å². The molecule has 174 valence electrons. The van der Waals surface area contributed by atoms with Crippen molar-refractivity contribution in [3.8, 4) is 0 Å². The number of alkyl halides is 2. The number of hydrogen-bond acceptors (Lipinski definition) is 7. The number of nitrogens with zero attached hydrogens (tertiary/aromatic N) is 4. The van der Waals surface area contributed by atoms with Gasteiger partial charge in [-0.3, -0.25) is 4.79 Å². The number of carbonyl (C=O) groups excluding carboxylic acids is 1. The van der Waals surface area contributed by atoms with Gasteiger partial charge in [0, 0.05) is 27.4 Å². The number of benzene rings is 1. The summed E-state index contributed by atoms with van der Waals surface area (Å²) >= 11 is 6.06. The number of cyclic esters (lactones) is 1. The van der Waals surface area contributed by atoms with Gasteiger partial charge in [0.1, 0.15) is 12.4 Å². The van der Waals surface area contributed by atoms with E-state index in [-0.39, 0.29) is 29.9 Å². The molecule has 9 nitrogen and oxygen atoms in total. The zero-order valence-electron chi connectivity index (χ0n) is 18.0. The molecule has 1 amide bonds. The molecule has 3 atom stereocenters. The summed E-state index contributed by atoms with van der Waals surface area (Å²) in [6, 6.07) is 5.39. The van der Waals surface area contributed by atoms with Crippen molar-refractivity contribution in [3.05, 3.63) is 51.0 Å². The molecule has 1 saturated heterocycles. The summed E-state index contributed by atoms with van der Waals surface area (Å²) in [4.78, 5) is 41.3.